The number of aryl methyl sites for hydroxylation is 2. The second kappa shape index (κ2) is 14.5. The molecular formula is C31H37N7O6. The Morgan fingerprint density at radius 1 is 1.09 bits per heavy atom. The number of nitrogens with one attached hydrogen (secondary N) is 4. The second-order valence-corrected chi connectivity index (χ2v) is 10.8. The standard InChI is InChI=1S/C31H37N7O6/c1-43-30-24(15-20-6-5-9-25(20)37-30)31(42)38-12-3-2-10-34-29(41)26(16-22-17-32-19-35-22)36-28(40)21-7-4-8-23(14-21)44-13-11-33-27(39)18-38/h4,7-8,14-15,17,19,26H,2-3,5-6,9-13,16,18H2,1H3,(H,32,35)(H,33,39)(H,34,41)(H,36,40)/t26-/m0/s1. The van der Waals surface area contributed by atoms with Crippen molar-refractivity contribution in [3.05, 3.63) is 70.9 Å². The van der Waals surface area contributed by atoms with E-state index in [1.165, 1.54) is 18.3 Å². The van der Waals surface area contributed by atoms with Gasteiger partial charge in [0.25, 0.3) is 11.8 Å². The maximum Gasteiger partial charge on any atom is 0.259 e. The van der Waals surface area contributed by atoms with Gasteiger partial charge in [-0.25, -0.2) is 9.97 Å². The molecule has 232 valence electrons. The molecule has 0 saturated carbocycles. The van der Waals surface area contributed by atoms with Crippen LogP contribution in [-0.2, 0) is 28.9 Å². The van der Waals surface area contributed by atoms with Crippen molar-refractivity contribution in [3.63, 3.8) is 0 Å². The first kappa shape index (κ1) is 30.5. The maximum absolute atomic E-state index is 13.7. The average molecular weight is 604 g/mol. The Morgan fingerprint density at radius 2 is 1.98 bits per heavy atom. The summed E-state index contributed by atoms with van der Waals surface area (Å²) in [6, 6.07) is 7.58. The molecule has 4 amide bonds. The molecule has 1 aliphatic heterocycles. The van der Waals surface area contributed by atoms with Gasteiger partial charge in [-0.15, -0.1) is 0 Å². The van der Waals surface area contributed by atoms with Gasteiger partial charge in [-0.05, 0) is 61.9 Å². The van der Waals surface area contributed by atoms with E-state index in [9.17, 15) is 19.2 Å². The molecule has 0 spiro atoms. The van der Waals surface area contributed by atoms with Crippen molar-refractivity contribution < 1.29 is 28.7 Å². The summed E-state index contributed by atoms with van der Waals surface area (Å²) in [4.78, 5) is 66.0. The third-order valence-corrected chi connectivity index (χ3v) is 7.61. The number of rotatable bonds is 4. The first-order chi connectivity index (χ1) is 21.4. The van der Waals surface area contributed by atoms with Crippen LogP contribution in [0.5, 0.6) is 11.6 Å². The van der Waals surface area contributed by atoms with Crippen molar-refractivity contribution in [3.8, 4) is 11.6 Å². The summed E-state index contributed by atoms with van der Waals surface area (Å²) in [5, 5.41) is 8.52. The first-order valence-electron chi connectivity index (χ1n) is 14.8. The molecule has 0 unspecified atom stereocenters. The van der Waals surface area contributed by atoms with Gasteiger partial charge in [0.15, 0.2) is 0 Å². The minimum absolute atomic E-state index is 0.151. The Hall–Kier alpha value is -4.94. The van der Waals surface area contributed by atoms with Gasteiger partial charge in [0, 0.05) is 42.7 Å². The number of hydrogen-bond acceptors (Lipinski definition) is 8. The predicted octanol–water partition coefficient (Wildman–Crippen LogP) is 1.19. The zero-order valence-electron chi connectivity index (χ0n) is 24.7. The van der Waals surface area contributed by atoms with E-state index in [-0.39, 0.29) is 56.3 Å². The number of aromatic nitrogens is 3. The summed E-state index contributed by atoms with van der Waals surface area (Å²) in [5.41, 5.74) is 3.32. The first-order valence-corrected chi connectivity index (χ1v) is 14.8. The summed E-state index contributed by atoms with van der Waals surface area (Å²) in [5.74, 6) is -0.765. The number of fused-ring (bicyclic) bond motifs is 3. The molecule has 3 aromatic rings. The number of H-pyrrole nitrogens is 1. The summed E-state index contributed by atoms with van der Waals surface area (Å²) < 4.78 is 11.2. The van der Waals surface area contributed by atoms with Crippen molar-refractivity contribution in [1.82, 2.24) is 35.8 Å². The number of methoxy groups -OCH3 is 1. The highest BCUT2D eigenvalue weighted by Gasteiger charge is 2.27. The van der Waals surface area contributed by atoms with E-state index in [1.807, 2.05) is 6.07 Å². The van der Waals surface area contributed by atoms with E-state index < -0.39 is 11.9 Å². The van der Waals surface area contributed by atoms with Gasteiger partial charge in [0.05, 0.1) is 26.5 Å². The van der Waals surface area contributed by atoms with Gasteiger partial charge in [-0.2, -0.15) is 0 Å². The van der Waals surface area contributed by atoms with Crippen LogP contribution in [0, 0.1) is 0 Å². The van der Waals surface area contributed by atoms with Crippen LogP contribution in [0.15, 0.2) is 42.9 Å². The zero-order chi connectivity index (χ0) is 30.9. The molecule has 4 N–H and O–H groups in total. The van der Waals surface area contributed by atoms with E-state index in [0.717, 1.165) is 30.5 Å². The summed E-state index contributed by atoms with van der Waals surface area (Å²) in [7, 11) is 1.48. The van der Waals surface area contributed by atoms with Crippen molar-refractivity contribution in [1.29, 1.82) is 0 Å². The van der Waals surface area contributed by atoms with Crippen LogP contribution in [0.3, 0.4) is 0 Å². The van der Waals surface area contributed by atoms with E-state index in [0.29, 0.717) is 42.0 Å². The molecule has 1 aliphatic carbocycles. The fourth-order valence-corrected chi connectivity index (χ4v) is 5.33. The lowest BCUT2D eigenvalue weighted by atomic mass is 10.1. The van der Waals surface area contributed by atoms with Gasteiger partial charge in [-0.3, -0.25) is 19.2 Å². The lowest BCUT2D eigenvalue weighted by Gasteiger charge is -2.23. The van der Waals surface area contributed by atoms with Crippen LogP contribution in [0.25, 0.3) is 0 Å². The minimum atomic E-state index is -0.853. The summed E-state index contributed by atoms with van der Waals surface area (Å²) in [6.07, 6.45) is 7.06. The number of benzene rings is 1. The summed E-state index contributed by atoms with van der Waals surface area (Å²) >= 11 is 0. The molecule has 1 atom stereocenters. The van der Waals surface area contributed by atoms with Crippen LogP contribution >= 0.6 is 0 Å². The molecule has 1 aromatic carbocycles. The van der Waals surface area contributed by atoms with Crippen LogP contribution in [-0.4, -0.2) is 89.4 Å². The molecule has 3 heterocycles. The van der Waals surface area contributed by atoms with Crippen molar-refractivity contribution >= 4 is 23.6 Å². The SMILES string of the molecule is COc1nc2c(cc1C(=O)N1CCCCNC(=O)[C@H](Cc3cnc[nH]3)NC(=O)c3cccc(c3)OCCNC(=O)C1)CCC2. The van der Waals surface area contributed by atoms with Gasteiger partial charge in [-0.1, -0.05) is 6.07 Å². The monoisotopic (exact) mass is 603 g/mol. The molecule has 44 heavy (non-hydrogen) atoms. The Morgan fingerprint density at radius 3 is 2.80 bits per heavy atom. The fourth-order valence-electron chi connectivity index (χ4n) is 5.33. The quantitative estimate of drug-likeness (QED) is 0.345. The van der Waals surface area contributed by atoms with Gasteiger partial charge >= 0.3 is 0 Å². The van der Waals surface area contributed by atoms with Crippen LogP contribution < -0.4 is 25.4 Å². The number of carbonyl (C=O) groups excluding carboxylic acids is 4. The smallest absolute Gasteiger partial charge is 0.259 e. The number of hydrogen-bond donors (Lipinski definition) is 4. The maximum atomic E-state index is 13.7. The van der Waals surface area contributed by atoms with E-state index in [2.05, 4.69) is 30.9 Å². The highest BCUT2D eigenvalue weighted by Crippen LogP contribution is 2.27. The van der Waals surface area contributed by atoms with E-state index >= 15 is 0 Å². The highest BCUT2D eigenvalue weighted by atomic mass is 16.5. The number of pyridine rings is 1. The Balaban J connectivity index is 1.33. The number of carbonyl (C=O) groups is 4. The molecule has 13 nitrogen and oxygen atoms in total. The molecular weight excluding hydrogens is 566 g/mol. The highest BCUT2D eigenvalue weighted by molar-refractivity contribution is 5.99. The molecule has 0 saturated heterocycles. The van der Waals surface area contributed by atoms with Crippen LogP contribution in [0.4, 0.5) is 0 Å². The van der Waals surface area contributed by atoms with Crippen LogP contribution in [0.1, 0.15) is 56.9 Å². The number of aromatic amines is 1. The summed E-state index contributed by atoms with van der Waals surface area (Å²) in [6.45, 7) is 0.782. The second-order valence-electron chi connectivity index (χ2n) is 10.8. The molecule has 0 radical (unpaired) electrons. The van der Waals surface area contributed by atoms with Crippen molar-refractivity contribution in [2.24, 2.45) is 0 Å². The zero-order valence-corrected chi connectivity index (χ0v) is 24.7. The van der Waals surface area contributed by atoms with Crippen LogP contribution in [0.2, 0.25) is 0 Å². The molecule has 2 aromatic heterocycles. The molecule has 0 fully saturated rings. The molecule has 2 bridgehead atoms. The Kier molecular flexibility index (Phi) is 10.1. The molecule has 5 rings (SSSR count). The van der Waals surface area contributed by atoms with Gasteiger partial charge in [0.2, 0.25) is 17.7 Å². The molecule has 13 heteroatoms. The number of nitrogens with zero attached hydrogens (tertiary/aromatic N) is 3. The van der Waals surface area contributed by atoms with Crippen molar-refractivity contribution in [2.45, 2.75) is 44.6 Å². The third kappa shape index (κ3) is 7.71. The van der Waals surface area contributed by atoms with E-state index in [4.69, 9.17) is 9.47 Å². The normalized spacial score (nSPS) is 18.4. The Bertz CT molecular complexity index is 1490. The average Bonchev–Trinajstić information content (AvgIpc) is 3.72. The number of imidazole rings is 1. The van der Waals surface area contributed by atoms with Gasteiger partial charge < -0.3 is 35.3 Å². The van der Waals surface area contributed by atoms with E-state index in [1.54, 1.807) is 30.5 Å². The van der Waals surface area contributed by atoms with Crippen molar-refractivity contribution in [2.75, 3.05) is 39.9 Å². The third-order valence-electron chi connectivity index (χ3n) is 7.61. The Labute approximate surface area is 255 Å². The predicted molar refractivity (Wildman–Crippen MR) is 159 cm³/mol. The largest absolute Gasteiger partial charge is 0.492 e. The minimum Gasteiger partial charge on any atom is -0.492 e. The van der Waals surface area contributed by atoms with Gasteiger partial charge in [0.1, 0.15) is 24.0 Å². The number of ether oxygens (including phenoxy) is 2. The lowest BCUT2D eigenvalue weighted by Crippen LogP contribution is -2.48. The topological polar surface area (TPSA) is 168 Å². The lowest BCUT2D eigenvalue weighted by molar-refractivity contribution is -0.123. The molecule has 2 aliphatic rings. The fraction of sp³-hybridized carbons (Fsp3) is 0.419. The number of amides is 4.